The van der Waals surface area contributed by atoms with Crippen LogP contribution in [0.15, 0.2) is 53.1 Å². The first-order valence-corrected chi connectivity index (χ1v) is 9.54. The highest BCUT2D eigenvalue weighted by Crippen LogP contribution is 2.28. The highest BCUT2D eigenvalue weighted by molar-refractivity contribution is 5.90. The maximum Gasteiger partial charge on any atom is 0.311 e. The van der Waals surface area contributed by atoms with E-state index in [9.17, 15) is 9.59 Å². The Morgan fingerprint density at radius 2 is 1.89 bits per heavy atom. The molecule has 144 valence electrons. The molecule has 1 aliphatic carbocycles. The number of hydrogen-bond acceptors (Lipinski definition) is 4. The number of carbonyl (C=O) groups is 2. The molecule has 0 aliphatic heterocycles. The number of amides is 1. The van der Waals surface area contributed by atoms with E-state index in [1.807, 2.05) is 44.2 Å². The molecule has 1 atom stereocenters. The van der Waals surface area contributed by atoms with Crippen molar-refractivity contribution in [1.29, 1.82) is 0 Å². The molecular weight excluding hydrogens is 354 g/mol. The average Bonchev–Trinajstić information content (AvgIpc) is 3.42. The van der Waals surface area contributed by atoms with Crippen LogP contribution in [0, 0.1) is 13.8 Å². The molecule has 0 spiro atoms. The van der Waals surface area contributed by atoms with E-state index in [4.69, 9.17) is 9.15 Å². The largest absolute Gasteiger partial charge is 0.464 e. The molecular formula is C23H23NO4. The first-order chi connectivity index (χ1) is 13.5. The number of ether oxygens (including phenoxy) is 1. The maximum atomic E-state index is 12.7. The summed E-state index contributed by atoms with van der Waals surface area (Å²) in [7, 11) is 0. The second kappa shape index (κ2) is 7.50. The summed E-state index contributed by atoms with van der Waals surface area (Å²) in [5, 5.41) is 3.83. The average molecular weight is 377 g/mol. The van der Waals surface area contributed by atoms with E-state index in [0.717, 1.165) is 40.5 Å². The van der Waals surface area contributed by atoms with Crippen molar-refractivity contribution in [3.63, 3.8) is 0 Å². The summed E-state index contributed by atoms with van der Waals surface area (Å²) in [6, 6.07) is 13.3. The smallest absolute Gasteiger partial charge is 0.311 e. The van der Waals surface area contributed by atoms with Gasteiger partial charge in [0.1, 0.15) is 5.58 Å². The van der Waals surface area contributed by atoms with Gasteiger partial charge in [-0.05, 0) is 37.8 Å². The third-order valence-electron chi connectivity index (χ3n) is 5.19. The van der Waals surface area contributed by atoms with Crippen LogP contribution in [-0.4, -0.2) is 17.9 Å². The van der Waals surface area contributed by atoms with Crippen molar-refractivity contribution in [2.75, 3.05) is 0 Å². The third kappa shape index (κ3) is 3.79. The first-order valence-electron chi connectivity index (χ1n) is 9.54. The van der Waals surface area contributed by atoms with Gasteiger partial charge in [0.15, 0.2) is 0 Å². The Labute approximate surface area is 163 Å². The molecule has 2 aromatic carbocycles. The van der Waals surface area contributed by atoms with Gasteiger partial charge in [-0.15, -0.1) is 0 Å². The van der Waals surface area contributed by atoms with Gasteiger partial charge in [0, 0.05) is 22.6 Å². The van der Waals surface area contributed by atoms with Crippen LogP contribution in [0.25, 0.3) is 11.0 Å². The molecule has 1 saturated carbocycles. The molecule has 0 unspecified atom stereocenters. The van der Waals surface area contributed by atoms with E-state index in [1.165, 1.54) is 0 Å². The van der Waals surface area contributed by atoms with E-state index in [2.05, 4.69) is 5.32 Å². The van der Waals surface area contributed by atoms with Crippen LogP contribution in [0.4, 0.5) is 0 Å². The normalized spacial score (nSPS) is 14.6. The summed E-state index contributed by atoms with van der Waals surface area (Å²) in [5.74, 6) is -0.730. The van der Waals surface area contributed by atoms with Gasteiger partial charge in [-0.1, -0.05) is 42.5 Å². The lowest BCUT2D eigenvalue weighted by Gasteiger charge is -2.18. The summed E-state index contributed by atoms with van der Waals surface area (Å²) in [4.78, 5) is 25.3. The summed E-state index contributed by atoms with van der Waals surface area (Å²) < 4.78 is 11.3. The van der Waals surface area contributed by atoms with E-state index >= 15 is 0 Å². The Hall–Kier alpha value is -3.08. The molecule has 0 radical (unpaired) electrons. The number of esters is 1. The lowest BCUT2D eigenvalue weighted by molar-refractivity contribution is -0.155. The number of benzene rings is 2. The van der Waals surface area contributed by atoms with Crippen LogP contribution in [0.1, 0.15) is 41.2 Å². The van der Waals surface area contributed by atoms with Crippen molar-refractivity contribution in [1.82, 2.24) is 5.32 Å². The minimum Gasteiger partial charge on any atom is -0.464 e. The van der Waals surface area contributed by atoms with E-state index < -0.39 is 12.1 Å². The molecule has 1 heterocycles. The van der Waals surface area contributed by atoms with Gasteiger partial charge in [-0.2, -0.15) is 0 Å². The van der Waals surface area contributed by atoms with E-state index in [-0.39, 0.29) is 18.4 Å². The number of rotatable bonds is 6. The number of nitrogens with one attached hydrogen (secondary N) is 1. The minimum atomic E-state index is -0.948. The highest BCUT2D eigenvalue weighted by Gasteiger charge is 2.31. The summed E-state index contributed by atoms with van der Waals surface area (Å²) in [6.45, 7) is 4.02. The summed E-state index contributed by atoms with van der Waals surface area (Å²) in [5.41, 5.74) is 4.41. The molecule has 1 aromatic heterocycles. The van der Waals surface area contributed by atoms with Gasteiger partial charge in [0.25, 0.3) is 5.91 Å². The Balaban J connectivity index is 1.53. The predicted octanol–water partition coefficient (Wildman–Crippen LogP) is 4.16. The Bertz CT molecular complexity index is 1020. The van der Waals surface area contributed by atoms with Crippen molar-refractivity contribution in [2.24, 2.45) is 0 Å². The van der Waals surface area contributed by atoms with Crippen molar-refractivity contribution in [2.45, 2.75) is 45.3 Å². The maximum absolute atomic E-state index is 12.7. The van der Waals surface area contributed by atoms with Gasteiger partial charge < -0.3 is 14.5 Å². The molecule has 5 nitrogen and oxygen atoms in total. The van der Waals surface area contributed by atoms with E-state index in [1.54, 1.807) is 18.4 Å². The lowest BCUT2D eigenvalue weighted by Crippen LogP contribution is -2.33. The standard InChI is InChI=1S/C23H23NO4/c1-14-8-11-19-17(13-27-21(19)15(14)2)12-20(25)28-22(16-6-4-3-5-7-16)23(26)24-18-9-10-18/h3-8,11,13,18,22H,9-10,12H2,1-2H3,(H,24,26)/t22-/m1/s1. The van der Waals surface area contributed by atoms with Crippen molar-refractivity contribution < 1.29 is 18.7 Å². The third-order valence-corrected chi connectivity index (χ3v) is 5.19. The molecule has 0 saturated heterocycles. The fraction of sp³-hybridized carbons (Fsp3) is 0.304. The zero-order valence-electron chi connectivity index (χ0n) is 16.0. The number of aryl methyl sites for hydroxylation is 2. The van der Waals surface area contributed by atoms with Crippen LogP contribution in [0.5, 0.6) is 0 Å². The monoisotopic (exact) mass is 377 g/mol. The van der Waals surface area contributed by atoms with Gasteiger partial charge >= 0.3 is 5.97 Å². The zero-order valence-corrected chi connectivity index (χ0v) is 16.0. The van der Waals surface area contributed by atoms with Gasteiger partial charge in [-0.3, -0.25) is 9.59 Å². The van der Waals surface area contributed by atoms with Crippen molar-refractivity contribution in [3.05, 3.63) is 71.0 Å². The first kappa shape index (κ1) is 18.3. The molecule has 28 heavy (non-hydrogen) atoms. The van der Waals surface area contributed by atoms with Crippen LogP contribution < -0.4 is 5.32 Å². The van der Waals surface area contributed by atoms with Gasteiger partial charge in [0.2, 0.25) is 6.10 Å². The van der Waals surface area contributed by atoms with Crippen LogP contribution >= 0.6 is 0 Å². The number of carbonyl (C=O) groups excluding carboxylic acids is 2. The predicted molar refractivity (Wildman–Crippen MR) is 106 cm³/mol. The van der Waals surface area contributed by atoms with Crippen molar-refractivity contribution >= 4 is 22.8 Å². The van der Waals surface area contributed by atoms with Crippen LogP contribution in [0.2, 0.25) is 0 Å². The van der Waals surface area contributed by atoms with Crippen molar-refractivity contribution in [3.8, 4) is 0 Å². The molecule has 5 heteroatoms. The molecule has 1 amide bonds. The molecule has 1 aliphatic rings. The lowest BCUT2D eigenvalue weighted by atomic mass is 10.0. The topological polar surface area (TPSA) is 68.5 Å². The minimum absolute atomic E-state index is 0.0511. The second-order valence-electron chi connectivity index (χ2n) is 7.39. The van der Waals surface area contributed by atoms with Crippen LogP contribution in [0.3, 0.4) is 0 Å². The number of furan rings is 1. The number of fused-ring (bicyclic) bond motifs is 1. The molecule has 1 N–H and O–H groups in total. The highest BCUT2D eigenvalue weighted by atomic mass is 16.5. The van der Waals surface area contributed by atoms with Gasteiger partial charge in [0.05, 0.1) is 12.7 Å². The van der Waals surface area contributed by atoms with Gasteiger partial charge in [-0.25, -0.2) is 0 Å². The molecule has 3 aromatic rings. The van der Waals surface area contributed by atoms with E-state index in [0.29, 0.717) is 5.56 Å². The quantitative estimate of drug-likeness (QED) is 0.655. The fourth-order valence-corrected chi connectivity index (χ4v) is 3.26. The Morgan fingerprint density at radius 3 is 2.61 bits per heavy atom. The second-order valence-corrected chi connectivity index (χ2v) is 7.39. The Kier molecular flexibility index (Phi) is 4.90. The Morgan fingerprint density at radius 1 is 1.14 bits per heavy atom. The fourth-order valence-electron chi connectivity index (χ4n) is 3.26. The molecule has 1 fully saturated rings. The zero-order chi connectivity index (χ0) is 19.7. The summed E-state index contributed by atoms with van der Waals surface area (Å²) in [6.07, 6.45) is 2.65. The summed E-state index contributed by atoms with van der Waals surface area (Å²) >= 11 is 0. The molecule has 0 bridgehead atoms. The van der Waals surface area contributed by atoms with Crippen LogP contribution in [-0.2, 0) is 20.7 Å². The number of hydrogen-bond donors (Lipinski definition) is 1. The molecule has 4 rings (SSSR count). The SMILES string of the molecule is Cc1ccc2c(CC(=O)O[C@@H](C(=O)NC3CC3)c3ccccc3)coc2c1C.